The molecule has 1 saturated heterocycles. The molecule has 12 heavy (non-hydrogen) atoms. The summed E-state index contributed by atoms with van der Waals surface area (Å²) in [6, 6.07) is 0. The predicted octanol–water partition coefficient (Wildman–Crippen LogP) is 0.103. The van der Waals surface area contributed by atoms with Crippen LogP contribution < -0.4 is 10.6 Å². The van der Waals surface area contributed by atoms with Crippen LogP contribution in [0.5, 0.6) is 0 Å². The Morgan fingerprint density at radius 2 is 2.42 bits per heavy atom. The van der Waals surface area contributed by atoms with Crippen molar-refractivity contribution in [2.75, 3.05) is 26.3 Å². The predicted molar refractivity (Wildman–Crippen MR) is 47.2 cm³/mol. The molecule has 1 heterocycles. The van der Waals surface area contributed by atoms with Crippen LogP contribution in [0.15, 0.2) is 0 Å². The maximum Gasteiger partial charge on any atom is 0.224 e. The molecule has 1 atom stereocenters. The molecule has 0 aromatic carbocycles. The average molecular weight is 197 g/mol. The zero-order chi connectivity index (χ0) is 8.10. The second kappa shape index (κ2) is 6.20. The summed E-state index contributed by atoms with van der Waals surface area (Å²) in [4.78, 5) is 11.1. The standard InChI is InChI=1S/C7H13FN2O.ClH/c8-2-4-10-7(11)6-1-3-9-5-6;/h6,9H,1-5H2,(H,10,11);1H/t6-;/m0./s1. The molecular formula is C7H14ClFN2O. The minimum absolute atomic E-state index is 0. The van der Waals surface area contributed by atoms with E-state index < -0.39 is 6.67 Å². The van der Waals surface area contributed by atoms with Crippen molar-refractivity contribution in [1.82, 2.24) is 10.6 Å². The van der Waals surface area contributed by atoms with Gasteiger partial charge < -0.3 is 10.6 Å². The molecule has 0 spiro atoms. The lowest BCUT2D eigenvalue weighted by Crippen LogP contribution is -2.33. The molecule has 0 saturated carbocycles. The molecule has 0 aromatic heterocycles. The van der Waals surface area contributed by atoms with Crippen LogP contribution in [0.4, 0.5) is 4.39 Å². The van der Waals surface area contributed by atoms with E-state index in [0.717, 1.165) is 19.5 Å². The molecule has 0 aromatic rings. The third kappa shape index (κ3) is 3.36. The summed E-state index contributed by atoms with van der Waals surface area (Å²) in [6.07, 6.45) is 0.873. The Labute approximate surface area is 77.5 Å². The lowest BCUT2D eigenvalue weighted by Gasteiger charge is -2.07. The number of hydrogen-bond acceptors (Lipinski definition) is 2. The second-order valence-electron chi connectivity index (χ2n) is 2.67. The molecule has 1 rings (SSSR count). The highest BCUT2D eigenvalue weighted by atomic mass is 35.5. The lowest BCUT2D eigenvalue weighted by molar-refractivity contribution is -0.124. The fourth-order valence-corrected chi connectivity index (χ4v) is 1.19. The highest BCUT2D eigenvalue weighted by Crippen LogP contribution is 2.06. The maximum atomic E-state index is 11.6. The van der Waals surface area contributed by atoms with Crippen LogP contribution in [0.3, 0.4) is 0 Å². The van der Waals surface area contributed by atoms with Crippen LogP contribution in [0, 0.1) is 5.92 Å². The van der Waals surface area contributed by atoms with Gasteiger partial charge in [-0.25, -0.2) is 4.39 Å². The molecule has 0 radical (unpaired) electrons. The molecule has 0 unspecified atom stereocenters. The molecule has 0 aliphatic carbocycles. The maximum absolute atomic E-state index is 11.6. The number of halogens is 2. The largest absolute Gasteiger partial charge is 0.353 e. The van der Waals surface area contributed by atoms with Gasteiger partial charge in [0.1, 0.15) is 6.67 Å². The number of amides is 1. The van der Waals surface area contributed by atoms with Crippen molar-refractivity contribution < 1.29 is 9.18 Å². The first-order chi connectivity index (χ1) is 5.34. The minimum atomic E-state index is -0.480. The first-order valence-corrected chi connectivity index (χ1v) is 3.89. The number of hydrogen-bond donors (Lipinski definition) is 2. The van der Waals surface area contributed by atoms with Crippen LogP contribution in [0.1, 0.15) is 6.42 Å². The van der Waals surface area contributed by atoms with E-state index in [2.05, 4.69) is 10.6 Å². The van der Waals surface area contributed by atoms with Crippen molar-refractivity contribution in [2.24, 2.45) is 5.92 Å². The van der Waals surface area contributed by atoms with E-state index in [-0.39, 0.29) is 30.8 Å². The van der Waals surface area contributed by atoms with Gasteiger partial charge in [-0.2, -0.15) is 0 Å². The van der Waals surface area contributed by atoms with Gasteiger partial charge in [0, 0.05) is 13.1 Å². The Hall–Kier alpha value is -0.350. The molecule has 1 aliphatic rings. The fourth-order valence-electron chi connectivity index (χ4n) is 1.19. The van der Waals surface area contributed by atoms with Crippen molar-refractivity contribution in [3.05, 3.63) is 0 Å². The number of nitrogens with one attached hydrogen (secondary N) is 2. The summed E-state index contributed by atoms with van der Waals surface area (Å²) < 4.78 is 11.6. The van der Waals surface area contributed by atoms with Crippen LogP contribution in [0.2, 0.25) is 0 Å². The number of carbonyl (C=O) groups is 1. The summed E-state index contributed by atoms with van der Waals surface area (Å²) in [7, 11) is 0. The average Bonchev–Trinajstić information content (AvgIpc) is 2.52. The van der Waals surface area contributed by atoms with E-state index in [1.54, 1.807) is 0 Å². The van der Waals surface area contributed by atoms with Crippen molar-refractivity contribution >= 4 is 18.3 Å². The molecule has 5 heteroatoms. The van der Waals surface area contributed by atoms with Gasteiger partial charge >= 0.3 is 0 Å². The Morgan fingerprint density at radius 3 is 2.92 bits per heavy atom. The minimum Gasteiger partial charge on any atom is -0.353 e. The number of alkyl halides is 1. The van der Waals surface area contributed by atoms with Crippen molar-refractivity contribution in [1.29, 1.82) is 0 Å². The van der Waals surface area contributed by atoms with Gasteiger partial charge in [-0.05, 0) is 13.0 Å². The highest BCUT2D eigenvalue weighted by molar-refractivity contribution is 5.85. The van der Waals surface area contributed by atoms with E-state index in [0.29, 0.717) is 0 Å². The van der Waals surface area contributed by atoms with Gasteiger partial charge in [0.15, 0.2) is 0 Å². The Bertz CT molecular complexity index is 139. The highest BCUT2D eigenvalue weighted by Gasteiger charge is 2.21. The van der Waals surface area contributed by atoms with E-state index in [1.807, 2.05) is 0 Å². The Kier molecular flexibility index (Phi) is 6.02. The fraction of sp³-hybridized carbons (Fsp3) is 0.857. The Balaban J connectivity index is 0.00000121. The monoisotopic (exact) mass is 196 g/mol. The van der Waals surface area contributed by atoms with E-state index >= 15 is 0 Å². The van der Waals surface area contributed by atoms with Gasteiger partial charge in [-0.3, -0.25) is 4.79 Å². The van der Waals surface area contributed by atoms with E-state index in [4.69, 9.17) is 0 Å². The van der Waals surface area contributed by atoms with Crippen LogP contribution in [-0.4, -0.2) is 32.2 Å². The number of carbonyl (C=O) groups excluding carboxylic acids is 1. The zero-order valence-corrected chi connectivity index (χ0v) is 7.62. The van der Waals surface area contributed by atoms with Crippen LogP contribution >= 0.6 is 12.4 Å². The van der Waals surface area contributed by atoms with Gasteiger partial charge in [-0.1, -0.05) is 0 Å². The van der Waals surface area contributed by atoms with Crippen LogP contribution in [0.25, 0.3) is 0 Å². The van der Waals surface area contributed by atoms with Crippen molar-refractivity contribution in [3.8, 4) is 0 Å². The third-order valence-electron chi connectivity index (χ3n) is 1.82. The SMILES string of the molecule is Cl.O=C(NCCF)[C@H]1CCNC1. The third-order valence-corrected chi connectivity index (χ3v) is 1.82. The quantitative estimate of drug-likeness (QED) is 0.673. The van der Waals surface area contributed by atoms with Gasteiger partial charge in [-0.15, -0.1) is 12.4 Å². The summed E-state index contributed by atoms with van der Waals surface area (Å²) in [6.45, 7) is 1.30. The smallest absolute Gasteiger partial charge is 0.224 e. The van der Waals surface area contributed by atoms with Crippen molar-refractivity contribution in [2.45, 2.75) is 6.42 Å². The topological polar surface area (TPSA) is 41.1 Å². The molecule has 3 nitrogen and oxygen atoms in total. The van der Waals surface area contributed by atoms with E-state index in [1.165, 1.54) is 0 Å². The molecule has 1 aliphatic heterocycles. The first-order valence-electron chi connectivity index (χ1n) is 3.89. The summed E-state index contributed by atoms with van der Waals surface area (Å²) >= 11 is 0. The molecular weight excluding hydrogens is 183 g/mol. The molecule has 2 N–H and O–H groups in total. The normalized spacial score (nSPS) is 21.6. The molecule has 0 bridgehead atoms. The summed E-state index contributed by atoms with van der Waals surface area (Å²) in [5.41, 5.74) is 0. The lowest BCUT2D eigenvalue weighted by atomic mass is 10.1. The van der Waals surface area contributed by atoms with Gasteiger partial charge in [0.25, 0.3) is 0 Å². The molecule has 1 amide bonds. The van der Waals surface area contributed by atoms with Crippen molar-refractivity contribution in [3.63, 3.8) is 0 Å². The molecule has 72 valence electrons. The first kappa shape index (κ1) is 11.6. The van der Waals surface area contributed by atoms with Gasteiger partial charge in [0.05, 0.1) is 5.92 Å². The second-order valence-corrected chi connectivity index (χ2v) is 2.67. The van der Waals surface area contributed by atoms with Gasteiger partial charge in [0.2, 0.25) is 5.91 Å². The zero-order valence-electron chi connectivity index (χ0n) is 6.81. The van der Waals surface area contributed by atoms with E-state index in [9.17, 15) is 9.18 Å². The Morgan fingerprint density at radius 1 is 1.67 bits per heavy atom. The molecule has 1 fully saturated rings. The summed E-state index contributed by atoms with van der Waals surface area (Å²) in [5.74, 6) is 0.0363. The van der Waals surface area contributed by atoms with Crippen LogP contribution in [-0.2, 0) is 4.79 Å². The summed E-state index contributed by atoms with van der Waals surface area (Å²) in [5, 5.41) is 5.60. The number of rotatable bonds is 3.